The van der Waals surface area contributed by atoms with E-state index in [1.807, 2.05) is 25.1 Å². The molecule has 0 saturated carbocycles. The minimum absolute atomic E-state index is 0.100. The van der Waals surface area contributed by atoms with Gasteiger partial charge in [0.25, 0.3) is 0 Å². The van der Waals surface area contributed by atoms with E-state index in [0.717, 1.165) is 38.3 Å². The summed E-state index contributed by atoms with van der Waals surface area (Å²) in [4.78, 5) is 2.20. The highest BCUT2D eigenvalue weighted by Crippen LogP contribution is 2.37. The van der Waals surface area contributed by atoms with Crippen LogP contribution >= 0.6 is 0 Å². The molecule has 2 aromatic carbocycles. The molecule has 1 aliphatic rings. The number of hydrogen-bond acceptors (Lipinski definition) is 2. The molecule has 1 saturated heterocycles. The minimum Gasteiger partial charge on any atom is -0.475 e. The van der Waals surface area contributed by atoms with Gasteiger partial charge < -0.3 is 4.74 Å². The molecule has 2 nitrogen and oxygen atoms in total. The number of ether oxygens (including phenoxy) is 1. The van der Waals surface area contributed by atoms with Gasteiger partial charge in [-0.05, 0) is 43.9 Å². The highest BCUT2D eigenvalue weighted by molar-refractivity contribution is 5.35. The van der Waals surface area contributed by atoms with Crippen molar-refractivity contribution in [2.75, 3.05) is 6.54 Å². The maximum absolute atomic E-state index is 13.2. The molecule has 1 aliphatic heterocycles. The van der Waals surface area contributed by atoms with Crippen LogP contribution in [-0.4, -0.2) is 23.7 Å². The highest BCUT2D eigenvalue weighted by Gasteiger charge is 2.35. The van der Waals surface area contributed by atoms with Crippen LogP contribution in [0.4, 0.5) is 13.2 Å². The van der Waals surface area contributed by atoms with Gasteiger partial charge in [-0.25, -0.2) is 0 Å². The lowest BCUT2D eigenvalue weighted by Gasteiger charge is -2.40. The van der Waals surface area contributed by atoms with Gasteiger partial charge in [-0.15, -0.1) is 0 Å². The fourth-order valence-electron chi connectivity index (χ4n) is 3.66. The van der Waals surface area contributed by atoms with Crippen LogP contribution in [0.15, 0.2) is 54.6 Å². The van der Waals surface area contributed by atoms with Crippen molar-refractivity contribution in [1.82, 2.24) is 4.90 Å². The molecule has 0 spiro atoms. The third-order valence-corrected chi connectivity index (χ3v) is 4.94. The third kappa shape index (κ3) is 4.58. The van der Waals surface area contributed by atoms with E-state index in [1.165, 1.54) is 17.7 Å². The summed E-state index contributed by atoms with van der Waals surface area (Å²) in [6, 6.07) is 15.9. The zero-order chi connectivity index (χ0) is 18.6. The molecule has 1 heterocycles. The number of benzene rings is 2. The van der Waals surface area contributed by atoms with Crippen LogP contribution in [-0.2, 0) is 12.6 Å². The van der Waals surface area contributed by atoms with Crippen molar-refractivity contribution >= 4 is 0 Å². The number of piperidine rings is 1. The normalized spacial score (nSPS) is 19.9. The van der Waals surface area contributed by atoms with Gasteiger partial charge in [-0.2, -0.15) is 13.2 Å². The Morgan fingerprint density at radius 3 is 2.46 bits per heavy atom. The van der Waals surface area contributed by atoms with Gasteiger partial charge in [-0.1, -0.05) is 48.9 Å². The molecule has 0 radical (unpaired) electrons. The average molecular weight is 363 g/mol. The molecule has 0 N–H and O–H groups in total. The molecule has 0 bridgehead atoms. The molecule has 1 fully saturated rings. The summed E-state index contributed by atoms with van der Waals surface area (Å²) in [5.41, 5.74) is 0.524. The topological polar surface area (TPSA) is 12.5 Å². The summed E-state index contributed by atoms with van der Waals surface area (Å²) in [6.45, 7) is 2.68. The second-order valence-corrected chi connectivity index (χ2v) is 6.79. The van der Waals surface area contributed by atoms with E-state index in [4.69, 9.17) is 4.74 Å². The SMILES string of the molecule is CC(Oc1ccccc1C(F)(F)F)N1CCCCC1Cc1ccccc1. The molecule has 0 amide bonds. The molecule has 2 unspecified atom stereocenters. The second-order valence-electron chi connectivity index (χ2n) is 6.79. The van der Waals surface area contributed by atoms with E-state index in [9.17, 15) is 13.2 Å². The fraction of sp³-hybridized carbons (Fsp3) is 0.429. The summed E-state index contributed by atoms with van der Waals surface area (Å²) in [5, 5.41) is 0. The van der Waals surface area contributed by atoms with Crippen LogP contribution in [0.2, 0.25) is 0 Å². The Balaban J connectivity index is 1.74. The number of alkyl halides is 3. The lowest BCUT2D eigenvalue weighted by Crippen LogP contribution is -2.48. The number of hydrogen-bond donors (Lipinski definition) is 0. The van der Waals surface area contributed by atoms with Gasteiger partial charge in [-0.3, -0.25) is 4.90 Å². The van der Waals surface area contributed by atoms with Gasteiger partial charge in [0.15, 0.2) is 0 Å². The van der Waals surface area contributed by atoms with Crippen molar-refractivity contribution in [3.63, 3.8) is 0 Å². The first-order chi connectivity index (χ1) is 12.4. The lowest BCUT2D eigenvalue weighted by molar-refractivity contribution is -0.140. The van der Waals surface area contributed by atoms with Crippen molar-refractivity contribution < 1.29 is 17.9 Å². The first kappa shape index (κ1) is 18.8. The Morgan fingerprint density at radius 1 is 1.04 bits per heavy atom. The van der Waals surface area contributed by atoms with Gasteiger partial charge in [0, 0.05) is 12.6 Å². The van der Waals surface area contributed by atoms with E-state index >= 15 is 0 Å². The standard InChI is InChI=1S/C21H24F3NO/c1-16(26-20-13-6-5-12-19(20)21(22,23)24)25-14-8-7-11-18(25)15-17-9-3-2-4-10-17/h2-6,9-10,12-13,16,18H,7-8,11,14-15H2,1H3. The van der Waals surface area contributed by atoms with Crippen LogP contribution < -0.4 is 4.74 Å². The van der Waals surface area contributed by atoms with Crippen LogP contribution in [0.25, 0.3) is 0 Å². The van der Waals surface area contributed by atoms with Crippen LogP contribution in [0.1, 0.15) is 37.3 Å². The largest absolute Gasteiger partial charge is 0.475 e. The van der Waals surface area contributed by atoms with Crippen LogP contribution in [0.3, 0.4) is 0 Å². The molecule has 3 rings (SSSR count). The van der Waals surface area contributed by atoms with E-state index in [-0.39, 0.29) is 11.8 Å². The van der Waals surface area contributed by atoms with Crippen molar-refractivity contribution in [2.24, 2.45) is 0 Å². The maximum atomic E-state index is 13.2. The first-order valence-electron chi connectivity index (χ1n) is 9.07. The highest BCUT2D eigenvalue weighted by atomic mass is 19.4. The Bertz CT molecular complexity index is 702. The molecular weight excluding hydrogens is 339 g/mol. The molecule has 5 heteroatoms. The van der Waals surface area contributed by atoms with Gasteiger partial charge in [0.2, 0.25) is 0 Å². The van der Waals surface area contributed by atoms with Crippen molar-refractivity contribution in [3.8, 4) is 5.75 Å². The molecule has 0 aliphatic carbocycles. The molecule has 2 aromatic rings. The average Bonchev–Trinajstić information content (AvgIpc) is 2.62. The number of rotatable bonds is 5. The smallest absolute Gasteiger partial charge is 0.419 e. The first-order valence-corrected chi connectivity index (χ1v) is 9.07. The molecule has 140 valence electrons. The zero-order valence-electron chi connectivity index (χ0n) is 14.9. The Hall–Kier alpha value is -2.01. The molecule has 26 heavy (non-hydrogen) atoms. The summed E-state index contributed by atoms with van der Waals surface area (Å²) >= 11 is 0. The second kappa shape index (κ2) is 8.12. The van der Waals surface area contributed by atoms with E-state index in [1.54, 1.807) is 6.07 Å². The summed E-state index contributed by atoms with van der Waals surface area (Å²) in [6.07, 6.45) is -0.729. The fourth-order valence-corrected chi connectivity index (χ4v) is 3.66. The van der Waals surface area contributed by atoms with E-state index in [0.29, 0.717) is 0 Å². The third-order valence-electron chi connectivity index (χ3n) is 4.94. The number of halogens is 3. The number of likely N-dealkylation sites (tertiary alicyclic amines) is 1. The lowest BCUT2D eigenvalue weighted by atomic mass is 9.95. The van der Waals surface area contributed by atoms with Crippen molar-refractivity contribution in [1.29, 1.82) is 0 Å². The van der Waals surface area contributed by atoms with Crippen molar-refractivity contribution in [2.45, 2.75) is 51.1 Å². The van der Waals surface area contributed by atoms with Gasteiger partial charge in [0.1, 0.15) is 12.0 Å². The summed E-state index contributed by atoms with van der Waals surface area (Å²) in [7, 11) is 0. The molecule has 0 aromatic heterocycles. The summed E-state index contributed by atoms with van der Waals surface area (Å²) < 4.78 is 45.4. The Labute approximate surface area is 152 Å². The van der Waals surface area contributed by atoms with Gasteiger partial charge in [0.05, 0.1) is 5.56 Å². The van der Waals surface area contributed by atoms with Gasteiger partial charge >= 0.3 is 6.18 Å². The molecule has 2 atom stereocenters. The van der Waals surface area contributed by atoms with E-state index < -0.39 is 18.0 Å². The van der Waals surface area contributed by atoms with Crippen molar-refractivity contribution in [3.05, 3.63) is 65.7 Å². The monoisotopic (exact) mass is 363 g/mol. The minimum atomic E-state index is -4.42. The predicted octanol–water partition coefficient (Wildman–Crippen LogP) is 5.53. The number of para-hydroxylation sites is 1. The predicted molar refractivity (Wildman–Crippen MR) is 96.0 cm³/mol. The number of nitrogens with zero attached hydrogens (tertiary/aromatic N) is 1. The zero-order valence-corrected chi connectivity index (χ0v) is 14.9. The summed E-state index contributed by atoms with van der Waals surface area (Å²) in [5.74, 6) is -0.100. The van der Waals surface area contributed by atoms with Crippen LogP contribution in [0.5, 0.6) is 5.75 Å². The maximum Gasteiger partial charge on any atom is 0.419 e. The quantitative estimate of drug-likeness (QED) is 0.693. The van der Waals surface area contributed by atoms with Crippen LogP contribution in [0, 0.1) is 0 Å². The Kier molecular flexibility index (Phi) is 5.87. The molecular formula is C21H24F3NO. The Morgan fingerprint density at radius 2 is 1.73 bits per heavy atom. The van der Waals surface area contributed by atoms with E-state index in [2.05, 4.69) is 17.0 Å².